The fourth-order valence-electron chi connectivity index (χ4n) is 2.27. The van der Waals surface area contributed by atoms with Gasteiger partial charge in [0, 0.05) is 25.3 Å². The number of carbonyl (C=O) groups is 1. The van der Waals surface area contributed by atoms with E-state index in [1.54, 1.807) is 6.92 Å². The molecule has 0 spiro atoms. The van der Waals surface area contributed by atoms with E-state index in [9.17, 15) is 14.9 Å². The molecule has 1 saturated heterocycles. The molecule has 1 aliphatic rings. The zero-order chi connectivity index (χ0) is 18.2. The topological polar surface area (TPSA) is 115 Å². The van der Waals surface area contributed by atoms with Crippen LogP contribution in [-0.4, -0.2) is 41.8 Å². The molecule has 10 heteroatoms. The zero-order valence-electron chi connectivity index (χ0n) is 13.7. The molecular weight excluding hydrogens is 348 g/mol. The number of nitrogens with zero attached hydrogens (tertiary/aromatic N) is 1. The van der Waals surface area contributed by atoms with Crippen molar-refractivity contribution in [3.05, 3.63) is 33.9 Å². The first-order valence-electron chi connectivity index (χ1n) is 7.78. The summed E-state index contributed by atoms with van der Waals surface area (Å²) in [7, 11) is 0. The summed E-state index contributed by atoms with van der Waals surface area (Å²) < 4.78 is 10.8. The third-order valence-corrected chi connectivity index (χ3v) is 3.80. The summed E-state index contributed by atoms with van der Waals surface area (Å²) >= 11 is 5.05. The molecular formula is C15H20N4O5S. The third kappa shape index (κ3) is 6.16. The van der Waals surface area contributed by atoms with E-state index < -0.39 is 10.8 Å². The predicted octanol–water partition coefficient (Wildman–Crippen LogP) is 0.956. The molecule has 0 bridgehead atoms. The smallest absolute Gasteiger partial charge is 0.276 e. The van der Waals surface area contributed by atoms with Gasteiger partial charge in [0.05, 0.1) is 11.0 Å². The Labute approximate surface area is 150 Å². The molecule has 1 atom stereocenters. The molecule has 1 aliphatic heterocycles. The number of hydrazine groups is 1. The van der Waals surface area contributed by atoms with Crippen LogP contribution in [0.25, 0.3) is 0 Å². The fourth-order valence-corrected chi connectivity index (χ4v) is 2.41. The second kappa shape index (κ2) is 9.14. The van der Waals surface area contributed by atoms with E-state index in [1.807, 2.05) is 0 Å². The van der Waals surface area contributed by atoms with E-state index in [-0.39, 0.29) is 23.5 Å². The third-order valence-electron chi connectivity index (χ3n) is 3.56. The van der Waals surface area contributed by atoms with Gasteiger partial charge in [-0.15, -0.1) is 0 Å². The summed E-state index contributed by atoms with van der Waals surface area (Å²) in [5.41, 5.74) is 5.53. The van der Waals surface area contributed by atoms with Crippen LogP contribution in [0, 0.1) is 17.0 Å². The molecule has 0 aromatic heterocycles. The molecule has 3 N–H and O–H groups in total. The highest BCUT2D eigenvalue weighted by Gasteiger charge is 2.15. The summed E-state index contributed by atoms with van der Waals surface area (Å²) in [6.07, 6.45) is 2.18. The second-order valence-corrected chi connectivity index (χ2v) is 5.92. The Bertz CT molecular complexity index is 649. The van der Waals surface area contributed by atoms with Crippen LogP contribution >= 0.6 is 12.2 Å². The Morgan fingerprint density at radius 2 is 2.28 bits per heavy atom. The lowest BCUT2D eigenvalue weighted by atomic mass is 10.2. The van der Waals surface area contributed by atoms with Crippen molar-refractivity contribution < 1.29 is 19.2 Å². The second-order valence-electron chi connectivity index (χ2n) is 5.51. The molecule has 136 valence electrons. The van der Waals surface area contributed by atoms with Crippen LogP contribution in [-0.2, 0) is 9.53 Å². The Morgan fingerprint density at radius 1 is 1.48 bits per heavy atom. The quantitative estimate of drug-likeness (QED) is 0.386. The van der Waals surface area contributed by atoms with Gasteiger partial charge in [-0.3, -0.25) is 25.8 Å². The van der Waals surface area contributed by atoms with Gasteiger partial charge in [0.2, 0.25) is 0 Å². The lowest BCUT2D eigenvalue weighted by Crippen LogP contribution is -2.49. The highest BCUT2D eigenvalue weighted by molar-refractivity contribution is 7.80. The van der Waals surface area contributed by atoms with E-state index in [0.717, 1.165) is 19.4 Å². The van der Waals surface area contributed by atoms with Gasteiger partial charge in [-0.25, -0.2) is 0 Å². The summed E-state index contributed by atoms with van der Waals surface area (Å²) in [6, 6.07) is 4.17. The van der Waals surface area contributed by atoms with Gasteiger partial charge in [0.25, 0.3) is 11.6 Å². The number of nitrogens with one attached hydrogen (secondary N) is 3. The minimum Gasteiger partial charge on any atom is -0.483 e. The van der Waals surface area contributed by atoms with Crippen molar-refractivity contribution in [3.8, 4) is 5.75 Å². The van der Waals surface area contributed by atoms with Gasteiger partial charge in [0.15, 0.2) is 11.7 Å². The minimum absolute atomic E-state index is 0.0290. The van der Waals surface area contributed by atoms with Gasteiger partial charge >= 0.3 is 0 Å². The lowest BCUT2D eigenvalue weighted by molar-refractivity contribution is -0.384. The molecule has 0 saturated carbocycles. The maximum atomic E-state index is 11.7. The largest absolute Gasteiger partial charge is 0.483 e. The van der Waals surface area contributed by atoms with Crippen molar-refractivity contribution in [3.63, 3.8) is 0 Å². The number of ether oxygens (including phenoxy) is 2. The van der Waals surface area contributed by atoms with Crippen molar-refractivity contribution in [2.24, 2.45) is 0 Å². The molecule has 0 aliphatic carbocycles. The number of hydrogen-bond donors (Lipinski definition) is 3. The SMILES string of the molecule is Cc1cc([N+](=O)[O-])ccc1OCC(=O)NNC(=S)NC[C@H]1CCCO1. The highest BCUT2D eigenvalue weighted by atomic mass is 32.1. The minimum atomic E-state index is -0.488. The molecule has 1 heterocycles. The first kappa shape index (κ1) is 18.9. The molecule has 1 aromatic rings. The maximum absolute atomic E-state index is 11.7. The van der Waals surface area contributed by atoms with Crippen molar-refractivity contribution >= 4 is 28.9 Å². The Kier molecular flexibility index (Phi) is 6.90. The van der Waals surface area contributed by atoms with Crippen LogP contribution in [0.2, 0.25) is 0 Å². The van der Waals surface area contributed by atoms with E-state index in [1.165, 1.54) is 18.2 Å². The molecule has 1 amide bonds. The fraction of sp³-hybridized carbons (Fsp3) is 0.467. The van der Waals surface area contributed by atoms with Crippen LogP contribution in [0.5, 0.6) is 5.75 Å². The number of non-ortho nitro benzene ring substituents is 1. The Morgan fingerprint density at radius 3 is 2.92 bits per heavy atom. The van der Waals surface area contributed by atoms with Crippen LogP contribution in [0.4, 0.5) is 5.69 Å². The number of benzene rings is 1. The van der Waals surface area contributed by atoms with Crippen LogP contribution in [0.15, 0.2) is 18.2 Å². The number of hydrogen-bond acceptors (Lipinski definition) is 6. The van der Waals surface area contributed by atoms with Gasteiger partial charge in [-0.2, -0.15) is 0 Å². The normalized spacial score (nSPS) is 16.1. The van der Waals surface area contributed by atoms with Gasteiger partial charge in [-0.05, 0) is 43.6 Å². The number of nitro benzene ring substituents is 1. The predicted molar refractivity (Wildman–Crippen MR) is 94.2 cm³/mol. The molecule has 2 rings (SSSR count). The molecule has 25 heavy (non-hydrogen) atoms. The van der Waals surface area contributed by atoms with Crippen molar-refractivity contribution in [1.82, 2.24) is 16.2 Å². The van der Waals surface area contributed by atoms with Crippen molar-refractivity contribution in [1.29, 1.82) is 0 Å². The average Bonchev–Trinajstić information content (AvgIpc) is 3.10. The van der Waals surface area contributed by atoms with Crippen molar-refractivity contribution in [2.45, 2.75) is 25.9 Å². The molecule has 0 radical (unpaired) electrons. The monoisotopic (exact) mass is 368 g/mol. The maximum Gasteiger partial charge on any atom is 0.276 e. The standard InChI is InChI=1S/C15H20N4O5S/c1-10-7-11(19(21)22)4-5-13(10)24-9-14(20)17-18-15(25)16-8-12-3-2-6-23-12/h4-5,7,12H,2-3,6,8-9H2,1H3,(H,17,20)(H2,16,18,25)/t12-/m1/s1. The average molecular weight is 368 g/mol. The molecule has 1 aromatic carbocycles. The zero-order valence-corrected chi connectivity index (χ0v) is 14.6. The summed E-state index contributed by atoms with van der Waals surface area (Å²) in [6.45, 7) is 2.77. The summed E-state index contributed by atoms with van der Waals surface area (Å²) in [5.74, 6) is -0.0288. The van der Waals surface area contributed by atoms with Gasteiger partial charge < -0.3 is 14.8 Å². The lowest BCUT2D eigenvalue weighted by Gasteiger charge is -2.15. The van der Waals surface area contributed by atoms with Gasteiger partial charge in [-0.1, -0.05) is 0 Å². The van der Waals surface area contributed by atoms with Gasteiger partial charge in [0.1, 0.15) is 5.75 Å². The number of carbonyl (C=O) groups excluding carboxylic acids is 1. The van der Waals surface area contributed by atoms with Crippen LogP contribution in [0.3, 0.4) is 0 Å². The number of aryl methyl sites for hydroxylation is 1. The Hall–Kier alpha value is -2.46. The number of amides is 1. The van der Waals surface area contributed by atoms with E-state index in [0.29, 0.717) is 17.9 Å². The number of rotatable bonds is 6. The molecule has 1 fully saturated rings. The first-order chi connectivity index (χ1) is 12.0. The van der Waals surface area contributed by atoms with E-state index in [2.05, 4.69) is 16.2 Å². The number of thiocarbonyl (C=S) groups is 1. The van der Waals surface area contributed by atoms with Crippen molar-refractivity contribution in [2.75, 3.05) is 19.8 Å². The van der Waals surface area contributed by atoms with Crippen LogP contribution in [0.1, 0.15) is 18.4 Å². The summed E-state index contributed by atoms with van der Waals surface area (Å²) in [5, 5.41) is 13.9. The first-order valence-corrected chi connectivity index (χ1v) is 8.18. The molecule has 0 unspecified atom stereocenters. The van der Waals surface area contributed by atoms with E-state index >= 15 is 0 Å². The number of nitro groups is 1. The highest BCUT2D eigenvalue weighted by Crippen LogP contribution is 2.22. The molecule has 9 nitrogen and oxygen atoms in total. The summed E-state index contributed by atoms with van der Waals surface area (Å²) in [4.78, 5) is 21.9. The van der Waals surface area contributed by atoms with E-state index in [4.69, 9.17) is 21.7 Å². The Balaban J connectivity index is 1.68. The van der Waals surface area contributed by atoms with Crippen LogP contribution < -0.4 is 20.9 Å².